The quantitative estimate of drug-likeness (QED) is 0.900. The Morgan fingerprint density at radius 3 is 2.95 bits per heavy atom. The molecule has 21 heavy (non-hydrogen) atoms. The highest BCUT2D eigenvalue weighted by Crippen LogP contribution is 2.39. The number of ether oxygens (including phenoxy) is 1. The van der Waals surface area contributed by atoms with Crippen LogP contribution in [0.15, 0.2) is 36.4 Å². The smallest absolute Gasteiger partial charge is 0.130 e. The molecular weight excluding hydrogens is 258 g/mol. The minimum atomic E-state index is 0.523. The van der Waals surface area contributed by atoms with Gasteiger partial charge in [-0.05, 0) is 55.0 Å². The van der Waals surface area contributed by atoms with Crippen molar-refractivity contribution < 1.29 is 4.74 Å². The molecule has 0 bridgehead atoms. The second-order valence-electron chi connectivity index (χ2n) is 6.04. The Bertz CT molecular complexity index is 677. The summed E-state index contributed by atoms with van der Waals surface area (Å²) in [7, 11) is 2.05. The molecule has 0 radical (unpaired) electrons. The fourth-order valence-electron chi connectivity index (χ4n) is 3.70. The molecule has 0 saturated heterocycles. The van der Waals surface area contributed by atoms with Crippen LogP contribution in [0, 0.1) is 0 Å². The van der Waals surface area contributed by atoms with Crippen molar-refractivity contribution in [1.29, 1.82) is 0 Å². The van der Waals surface area contributed by atoms with E-state index in [1.54, 1.807) is 0 Å². The molecule has 2 aliphatic rings. The number of aryl methyl sites for hydroxylation is 2. The normalized spacial score (nSPS) is 19.8. The maximum Gasteiger partial charge on any atom is 0.130 e. The van der Waals surface area contributed by atoms with E-state index in [1.165, 1.54) is 40.7 Å². The van der Waals surface area contributed by atoms with Gasteiger partial charge in [0.15, 0.2) is 0 Å². The highest BCUT2D eigenvalue weighted by Gasteiger charge is 2.22. The Morgan fingerprint density at radius 1 is 1.10 bits per heavy atom. The minimum absolute atomic E-state index is 0.523. The monoisotopic (exact) mass is 279 g/mol. The third-order valence-electron chi connectivity index (χ3n) is 4.81. The predicted octanol–water partition coefficient (Wildman–Crippen LogP) is 3.89. The van der Waals surface area contributed by atoms with Crippen molar-refractivity contribution in [2.75, 3.05) is 13.7 Å². The van der Waals surface area contributed by atoms with Crippen molar-refractivity contribution in [3.05, 3.63) is 53.1 Å². The van der Waals surface area contributed by atoms with Gasteiger partial charge in [0.05, 0.1) is 6.61 Å². The van der Waals surface area contributed by atoms with Crippen LogP contribution in [-0.2, 0) is 12.8 Å². The maximum atomic E-state index is 5.96. The fraction of sp³-hybridized carbons (Fsp3) is 0.368. The van der Waals surface area contributed by atoms with E-state index in [0.717, 1.165) is 25.2 Å². The van der Waals surface area contributed by atoms with Gasteiger partial charge in [0, 0.05) is 11.6 Å². The second kappa shape index (κ2) is 5.19. The summed E-state index contributed by atoms with van der Waals surface area (Å²) in [5.74, 6) is 1.10. The Morgan fingerprint density at radius 2 is 2.05 bits per heavy atom. The van der Waals surface area contributed by atoms with Crippen molar-refractivity contribution in [2.24, 2.45) is 0 Å². The number of rotatable bonds is 2. The second-order valence-corrected chi connectivity index (χ2v) is 6.04. The summed E-state index contributed by atoms with van der Waals surface area (Å²) in [6.07, 6.45) is 4.64. The van der Waals surface area contributed by atoms with E-state index < -0.39 is 0 Å². The van der Waals surface area contributed by atoms with Crippen molar-refractivity contribution in [2.45, 2.75) is 31.7 Å². The molecule has 0 saturated carbocycles. The Kier molecular flexibility index (Phi) is 3.19. The van der Waals surface area contributed by atoms with Gasteiger partial charge in [-0.1, -0.05) is 36.4 Å². The molecule has 0 fully saturated rings. The van der Waals surface area contributed by atoms with Crippen LogP contribution in [0.4, 0.5) is 0 Å². The van der Waals surface area contributed by atoms with Crippen LogP contribution in [0.2, 0.25) is 0 Å². The molecular formula is C19H21NO. The van der Waals surface area contributed by atoms with Gasteiger partial charge < -0.3 is 10.1 Å². The van der Waals surface area contributed by atoms with E-state index in [9.17, 15) is 0 Å². The molecule has 0 amide bonds. The lowest BCUT2D eigenvalue weighted by atomic mass is 9.95. The molecule has 4 rings (SSSR count). The average Bonchev–Trinajstić information content (AvgIpc) is 2.96. The zero-order valence-corrected chi connectivity index (χ0v) is 12.5. The van der Waals surface area contributed by atoms with Gasteiger partial charge in [-0.25, -0.2) is 0 Å². The third-order valence-corrected chi connectivity index (χ3v) is 4.81. The number of hydrogen-bond acceptors (Lipinski definition) is 2. The minimum Gasteiger partial charge on any atom is -0.493 e. The first-order valence-electron chi connectivity index (χ1n) is 7.92. The van der Waals surface area contributed by atoms with E-state index >= 15 is 0 Å². The van der Waals surface area contributed by atoms with E-state index in [2.05, 4.69) is 48.8 Å². The van der Waals surface area contributed by atoms with Crippen molar-refractivity contribution in [1.82, 2.24) is 5.32 Å². The first kappa shape index (κ1) is 12.9. The van der Waals surface area contributed by atoms with Crippen LogP contribution in [0.3, 0.4) is 0 Å². The van der Waals surface area contributed by atoms with Gasteiger partial charge in [-0.15, -0.1) is 0 Å². The van der Waals surface area contributed by atoms with Crippen LogP contribution >= 0.6 is 0 Å². The van der Waals surface area contributed by atoms with Gasteiger partial charge in [0.1, 0.15) is 5.75 Å². The molecule has 2 nitrogen and oxygen atoms in total. The molecule has 2 heteroatoms. The van der Waals surface area contributed by atoms with E-state index in [1.807, 2.05) is 0 Å². The lowest BCUT2D eigenvalue weighted by molar-refractivity contribution is 0.289. The zero-order chi connectivity index (χ0) is 14.2. The first-order valence-corrected chi connectivity index (χ1v) is 7.92. The van der Waals surface area contributed by atoms with Crippen LogP contribution in [0.25, 0.3) is 11.1 Å². The van der Waals surface area contributed by atoms with Gasteiger partial charge in [0.25, 0.3) is 0 Å². The molecule has 1 unspecified atom stereocenters. The summed E-state index contributed by atoms with van der Waals surface area (Å²) < 4.78 is 5.96. The maximum absolute atomic E-state index is 5.96. The lowest BCUT2D eigenvalue weighted by Crippen LogP contribution is -2.12. The highest BCUT2D eigenvalue weighted by atomic mass is 16.5. The number of para-hydroxylation sites is 1. The summed E-state index contributed by atoms with van der Waals surface area (Å²) in [6, 6.07) is 14.0. The zero-order valence-electron chi connectivity index (χ0n) is 12.5. The summed E-state index contributed by atoms with van der Waals surface area (Å²) in [5, 5.41) is 3.40. The summed E-state index contributed by atoms with van der Waals surface area (Å²) in [6.45, 7) is 0.844. The number of fused-ring (bicyclic) bond motifs is 2. The van der Waals surface area contributed by atoms with Gasteiger partial charge in [-0.2, -0.15) is 0 Å². The average molecular weight is 279 g/mol. The Balaban J connectivity index is 1.78. The fourth-order valence-corrected chi connectivity index (χ4v) is 3.70. The van der Waals surface area contributed by atoms with Gasteiger partial charge in [-0.3, -0.25) is 0 Å². The molecule has 1 atom stereocenters. The molecule has 2 aromatic carbocycles. The molecule has 1 heterocycles. The summed E-state index contributed by atoms with van der Waals surface area (Å²) in [4.78, 5) is 0. The number of hydrogen-bond donors (Lipinski definition) is 1. The van der Waals surface area contributed by atoms with Crippen LogP contribution in [0.1, 0.15) is 35.6 Å². The van der Waals surface area contributed by atoms with Crippen LogP contribution < -0.4 is 10.1 Å². The van der Waals surface area contributed by atoms with Crippen molar-refractivity contribution >= 4 is 0 Å². The molecule has 108 valence electrons. The Hall–Kier alpha value is -1.80. The van der Waals surface area contributed by atoms with Crippen LogP contribution in [-0.4, -0.2) is 13.7 Å². The topological polar surface area (TPSA) is 21.3 Å². The van der Waals surface area contributed by atoms with Crippen molar-refractivity contribution in [3.8, 4) is 16.9 Å². The Labute approximate surface area is 126 Å². The molecule has 0 aromatic heterocycles. The standard InChI is InChI=1S/C19H21NO/c1-20-18-10-8-14-12-15(7-9-16(14)18)17-6-2-4-13-5-3-11-21-19(13)17/h2,4,6-7,9,12,18,20H,3,5,8,10-11H2,1H3. The highest BCUT2D eigenvalue weighted by molar-refractivity contribution is 5.73. The SMILES string of the molecule is CNC1CCc2cc(-c3cccc4c3OCCC4)ccc21. The third kappa shape index (κ3) is 2.14. The van der Waals surface area contributed by atoms with Crippen LogP contribution in [0.5, 0.6) is 5.75 Å². The van der Waals surface area contributed by atoms with Crippen molar-refractivity contribution in [3.63, 3.8) is 0 Å². The van der Waals surface area contributed by atoms with E-state index in [0.29, 0.717) is 6.04 Å². The molecule has 1 aliphatic heterocycles. The molecule has 1 N–H and O–H groups in total. The van der Waals surface area contributed by atoms with Gasteiger partial charge >= 0.3 is 0 Å². The number of benzene rings is 2. The van der Waals surface area contributed by atoms with E-state index in [-0.39, 0.29) is 0 Å². The first-order chi connectivity index (χ1) is 10.4. The largest absolute Gasteiger partial charge is 0.493 e. The number of nitrogens with one attached hydrogen (secondary N) is 1. The van der Waals surface area contributed by atoms with Gasteiger partial charge in [0.2, 0.25) is 0 Å². The molecule has 0 spiro atoms. The predicted molar refractivity (Wildman–Crippen MR) is 85.8 cm³/mol. The van der Waals surface area contributed by atoms with E-state index in [4.69, 9.17) is 4.74 Å². The summed E-state index contributed by atoms with van der Waals surface area (Å²) in [5.41, 5.74) is 6.85. The molecule has 2 aromatic rings. The lowest BCUT2D eigenvalue weighted by Gasteiger charge is -2.21. The molecule has 1 aliphatic carbocycles. The summed E-state index contributed by atoms with van der Waals surface area (Å²) >= 11 is 0.